The largest absolute Gasteiger partial charge is 0.492 e. The van der Waals surface area contributed by atoms with Gasteiger partial charge in [-0.3, -0.25) is 9.29 Å². The molecule has 0 N–H and O–H groups in total. The van der Waals surface area contributed by atoms with Crippen molar-refractivity contribution in [2.24, 2.45) is 5.92 Å². The normalized spacial score (nSPS) is 21.4. The molecule has 210 valence electrons. The first kappa shape index (κ1) is 27.1. The fourth-order valence-electron chi connectivity index (χ4n) is 5.68. The van der Waals surface area contributed by atoms with Crippen LogP contribution in [0, 0.1) is 5.92 Å². The van der Waals surface area contributed by atoms with Gasteiger partial charge in [0.15, 0.2) is 6.29 Å². The van der Waals surface area contributed by atoms with Gasteiger partial charge in [-0.15, -0.1) is 0 Å². The van der Waals surface area contributed by atoms with Gasteiger partial charge in [-0.2, -0.15) is 0 Å². The lowest BCUT2D eigenvalue weighted by molar-refractivity contribution is -0.105. The van der Waals surface area contributed by atoms with Gasteiger partial charge in [0.2, 0.25) is 0 Å². The summed E-state index contributed by atoms with van der Waals surface area (Å²) in [7, 11) is 0. The molecule has 3 aliphatic heterocycles. The Balaban J connectivity index is 1.23. The van der Waals surface area contributed by atoms with Gasteiger partial charge in [0.25, 0.3) is 0 Å². The SMILES string of the molecule is CC1=C(c2ccc(Cl)cc2)C(c2ccc(OCCN3CC(CF)C3)cc2)Oc2ccc(OC3CCCCO3)cc21. The summed E-state index contributed by atoms with van der Waals surface area (Å²) in [6.07, 6.45) is 2.60. The van der Waals surface area contributed by atoms with E-state index >= 15 is 0 Å². The second kappa shape index (κ2) is 12.2. The Morgan fingerprint density at radius 2 is 1.75 bits per heavy atom. The van der Waals surface area contributed by atoms with Crippen LogP contribution in [-0.4, -0.2) is 50.7 Å². The lowest BCUT2D eigenvalue weighted by Crippen LogP contribution is -2.49. The summed E-state index contributed by atoms with van der Waals surface area (Å²) in [6.45, 7) is 5.67. The number of allylic oxidation sites excluding steroid dienone is 1. The number of alkyl halides is 1. The first-order chi connectivity index (χ1) is 19.6. The molecule has 2 fully saturated rings. The first-order valence-electron chi connectivity index (χ1n) is 14.1. The smallest absolute Gasteiger partial charge is 0.199 e. The minimum atomic E-state index is -0.296. The van der Waals surface area contributed by atoms with Crippen LogP contribution in [0.1, 0.15) is 49.0 Å². The summed E-state index contributed by atoms with van der Waals surface area (Å²) in [5, 5.41) is 0.693. The van der Waals surface area contributed by atoms with E-state index in [2.05, 4.69) is 30.0 Å². The van der Waals surface area contributed by atoms with Crippen molar-refractivity contribution in [3.05, 3.63) is 88.4 Å². The highest BCUT2D eigenvalue weighted by atomic mass is 35.5. The minimum Gasteiger partial charge on any atom is -0.492 e. The molecule has 0 aromatic heterocycles. The van der Waals surface area contributed by atoms with E-state index in [1.807, 2.05) is 48.5 Å². The highest BCUT2D eigenvalue weighted by molar-refractivity contribution is 6.30. The molecule has 0 spiro atoms. The van der Waals surface area contributed by atoms with Crippen molar-refractivity contribution >= 4 is 22.7 Å². The van der Waals surface area contributed by atoms with E-state index in [4.69, 9.17) is 30.5 Å². The van der Waals surface area contributed by atoms with Gasteiger partial charge < -0.3 is 18.9 Å². The van der Waals surface area contributed by atoms with Gasteiger partial charge >= 0.3 is 0 Å². The highest BCUT2D eigenvalue weighted by Gasteiger charge is 2.30. The maximum atomic E-state index is 12.7. The molecule has 2 atom stereocenters. The Bertz CT molecular complexity index is 1330. The van der Waals surface area contributed by atoms with Gasteiger partial charge in [-0.05, 0) is 78.9 Å². The van der Waals surface area contributed by atoms with Crippen molar-refractivity contribution < 1.29 is 23.3 Å². The maximum absolute atomic E-state index is 12.7. The summed E-state index contributed by atoms with van der Waals surface area (Å²) in [4.78, 5) is 2.22. The van der Waals surface area contributed by atoms with Crippen LogP contribution in [0.3, 0.4) is 0 Å². The zero-order valence-corrected chi connectivity index (χ0v) is 23.5. The number of rotatable bonds is 9. The zero-order valence-electron chi connectivity index (χ0n) is 22.8. The molecule has 6 rings (SSSR count). The minimum absolute atomic E-state index is 0.191. The van der Waals surface area contributed by atoms with Crippen LogP contribution in [0.2, 0.25) is 5.02 Å². The van der Waals surface area contributed by atoms with Gasteiger partial charge in [0.05, 0.1) is 13.3 Å². The standard InChI is InChI=1S/C33H35ClFNO4/c1-22-29-18-28(39-31-4-2-3-16-38-31)13-14-30(29)40-33(32(22)24-5-9-26(34)10-6-24)25-7-11-27(12-8-25)37-17-15-36-20-23(19-35)21-36/h5-14,18,23,31,33H,2-4,15-17,19-21H2,1H3. The summed E-state index contributed by atoms with van der Waals surface area (Å²) in [6, 6.07) is 22.0. The van der Waals surface area contributed by atoms with Crippen molar-refractivity contribution in [1.29, 1.82) is 0 Å². The molecule has 0 aliphatic carbocycles. The van der Waals surface area contributed by atoms with Crippen molar-refractivity contribution in [1.82, 2.24) is 4.90 Å². The fraction of sp³-hybridized carbons (Fsp3) is 0.394. The van der Waals surface area contributed by atoms with Crippen molar-refractivity contribution in [2.75, 3.05) is 39.5 Å². The second-order valence-electron chi connectivity index (χ2n) is 10.8. The topological polar surface area (TPSA) is 40.2 Å². The Labute approximate surface area is 240 Å². The van der Waals surface area contributed by atoms with Crippen LogP contribution < -0.4 is 14.2 Å². The average Bonchev–Trinajstić information content (AvgIpc) is 2.96. The van der Waals surface area contributed by atoms with Gasteiger partial charge in [-0.1, -0.05) is 35.9 Å². The van der Waals surface area contributed by atoms with Crippen LogP contribution in [0.25, 0.3) is 11.1 Å². The third-order valence-electron chi connectivity index (χ3n) is 7.94. The molecule has 2 saturated heterocycles. The molecule has 5 nitrogen and oxygen atoms in total. The number of nitrogens with zero attached hydrogens (tertiary/aromatic N) is 1. The molecular formula is C33H35ClFNO4. The van der Waals surface area contributed by atoms with Crippen molar-refractivity contribution in [3.8, 4) is 17.2 Å². The molecular weight excluding hydrogens is 529 g/mol. The molecule has 40 heavy (non-hydrogen) atoms. The van der Waals surface area contributed by atoms with Gasteiger partial charge in [0, 0.05) is 48.1 Å². The van der Waals surface area contributed by atoms with E-state index in [0.29, 0.717) is 11.6 Å². The molecule has 0 bridgehead atoms. The molecule has 3 heterocycles. The van der Waals surface area contributed by atoms with Crippen molar-refractivity contribution in [3.63, 3.8) is 0 Å². The quantitative estimate of drug-likeness (QED) is 0.268. The summed E-state index contributed by atoms with van der Waals surface area (Å²) < 4.78 is 37.3. The molecule has 3 aromatic rings. The van der Waals surface area contributed by atoms with E-state index < -0.39 is 0 Å². The number of benzene rings is 3. The van der Waals surface area contributed by atoms with E-state index in [1.165, 1.54) is 0 Å². The molecule has 7 heteroatoms. The Hall–Kier alpha value is -3.06. The van der Waals surface area contributed by atoms with Crippen molar-refractivity contribution in [2.45, 2.75) is 38.6 Å². The second-order valence-corrected chi connectivity index (χ2v) is 11.2. The first-order valence-corrected chi connectivity index (χ1v) is 14.5. The average molecular weight is 564 g/mol. The van der Waals surface area contributed by atoms with Crippen LogP contribution in [-0.2, 0) is 4.74 Å². The summed E-state index contributed by atoms with van der Waals surface area (Å²) in [5.41, 5.74) is 5.32. The highest BCUT2D eigenvalue weighted by Crippen LogP contribution is 2.47. The van der Waals surface area contributed by atoms with E-state index in [9.17, 15) is 4.39 Å². The number of hydrogen-bond donors (Lipinski definition) is 0. The third kappa shape index (κ3) is 5.99. The molecule has 3 aromatic carbocycles. The Morgan fingerprint density at radius 1 is 0.975 bits per heavy atom. The fourth-order valence-corrected chi connectivity index (χ4v) is 5.81. The summed E-state index contributed by atoms with van der Waals surface area (Å²) >= 11 is 6.23. The number of halogens is 2. The monoisotopic (exact) mass is 563 g/mol. The number of fused-ring (bicyclic) bond motifs is 1. The predicted octanol–water partition coefficient (Wildman–Crippen LogP) is 7.59. The van der Waals surface area contributed by atoms with Crippen LogP contribution in [0.15, 0.2) is 66.7 Å². The lowest BCUT2D eigenvalue weighted by Gasteiger charge is -2.37. The predicted molar refractivity (Wildman–Crippen MR) is 156 cm³/mol. The Morgan fingerprint density at radius 3 is 2.48 bits per heavy atom. The molecule has 0 saturated carbocycles. The maximum Gasteiger partial charge on any atom is 0.199 e. The lowest BCUT2D eigenvalue weighted by atomic mass is 9.86. The zero-order chi connectivity index (χ0) is 27.5. The summed E-state index contributed by atoms with van der Waals surface area (Å²) in [5.74, 6) is 2.60. The van der Waals surface area contributed by atoms with Gasteiger partial charge in [-0.25, -0.2) is 0 Å². The molecule has 0 radical (unpaired) electrons. The van der Waals surface area contributed by atoms with Gasteiger partial charge in [0.1, 0.15) is 30.0 Å². The Kier molecular flexibility index (Phi) is 8.28. The van der Waals surface area contributed by atoms with Crippen LogP contribution >= 0.6 is 11.6 Å². The third-order valence-corrected chi connectivity index (χ3v) is 8.19. The van der Waals surface area contributed by atoms with E-state index in [0.717, 1.165) is 90.6 Å². The number of likely N-dealkylation sites (tertiary alicyclic amines) is 1. The number of hydrogen-bond acceptors (Lipinski definition) is 5. The number of ether oxygens (including phenoxy) is 4. The molecule has 3 aliphatic rings. The molecule has 2 unspecified atom stereocenters. The van der Waals surface area contributed by atoms with Crippen LogP contribution in [0.4, 0.5) is 4.39 Å². The molecule has 0 amide bonds. The van der Waals surface area contributed by atoms with E-state index in [-0.39, 0.29) is 25.0 Å². The van der Waals surface area contributed by atoms with E-state index in [1.54, 1.807) is 0 Å². The van der Waals surface area contributed by atoms with Crippen LogP contribution in [0.5, 0.6) is 17.2 Å².